The normalized spacial score (nSPS) is 9.86. The number of carbonyl (C=O) groups is 1. The first kappa shape index (κ1) is 11.5. The zero-order chi connectivity index (χ0) is 10.4. The third kappa shape index (κ3) is 4.11. The first-order valence-electron chi connectivity index (χ1n) is 3.97. The quantitative estimate of drug-likeness (QED) is 0.791. The number of hydrogen-bond acceptors (Lipinski definition) is 4. The molecule has 0 radical (unpaired) electrons. The van der Waals surface area contributed by atoms with E-state index in [2.05, 4.69) is 25.7 Å². The maximum atomic E-state index is 10.8. The summed E-state index contributed by atoms with van der Waals surface area (Å²) in [5, 5.41) is 0. The van der Waals surface area contributed by atoms with E-state index in [0.717, 1.165) is 15.9 Å². The third-order valence-corrected chi connectivity index (χ3v) is 2.89. The molecule has 0 saturated heterocycles. The highest BCUT2D eigenvalue weighted by Gasteiger charge is 2.01. The monoisotopic (exact) mass is 275 g/mol. The molecule has 1 aromatic heterocycles. The van der Waals surface area contributed by atoms with Crippen LogP contribution in [0, 0.1) is 0 Å². The molecule has 0 unspecified atom stereocenters. The van der Waals surface area contributed by atoms with Gasteiger partial charge in [0, 0.05) is 16.4 Å². The summed E-state index contributed by atoms with van der Waals surface area (Å²) in [4.78, 5) is 15.0. The van der Waals surface area contributed by atoms with Crippen LogP contribution in [-0.2, 0) is 15.3 Å². The van der Waals surface area contributed by atoms with Gasteiger partial charge < -0.3 is 4.74 Å². The SMILES string of the molecule is COC(=O)CSCc1ccc(Br)cn1. The van der Waals surface area contributed by atoms with Gasteiger partial charge in [0.1, 0.15) is 0 Å². The molecular weight excluding hydrogens is 266 g/mol. The van der Waals surface area contributed by atoms with Crippen molar-refractivity contribution in [2.75, 3.05) is 12.9 Å². The molecule has 0 aliphatic heterocycles. The van der Waals surface area contributed by atoms with Crippen molar-refractivity contribution in [3.05, 3.63) is 28.5 Å². The van der Waals surface area contributed by atoms with E-state index in [4.69, 9.17) is 0 Å². The van der Waals surface area contributed by atoms with E-state index in [1.807, 2.05) is 12.1 Å². The molecule has 14 heavy (non-hydrogen) atoms. The number of hydrogen-bond donors (Lipinski definition) is 0. The van der Waals surface area contributed by atoms with E-state index in [1.165, 1.54) is 18.9 Å². The highest BCUT2D eigenvalue weighted by atomic mass is 79.9. The topological polar surface area (TPSA) is 39.2 Å². The lowest BCUT2D eigenvalue weighted by Crippen LogP contribution is -2.03. The fourth-order valence-corrected chi connectivity index (χ4v) is 1.79. The summed E-state index contributed by atoms with van der Waals surface area (Å²) < 4.78 is 5.48. The van der Waals surface area contributed by atoms with Gasteiger partial charge in [0.05, 0.1) is 18.6 Å². The van der Waals surface area contributed by atoms with Gasteiger partial charge in [0.15, 0.2) is 0 Å². The van der Waals surface area contributed by atoms with Crippen molar-refractivity contribution in [2.45, 2.75) is 5.75 Å². The maximum Gasteiger partial charge on any atom is 0.315 e. The van der Waals surface area contributed by atoms with Gasteiger partial charge >= 0.3 is 5.97 Å². The minimum atomic E-state index is -0.202. The van der Waals surface area contributed by atoms with E-state index in [9.17, 15) is 4.79 Å². The van der Waals surface area contributed by atoms with Crippen molar-refractivity contribution in [3.8, 4) is 0 Å². The van der Waals surface area contributed by atoms with Crippen LogP contribution in [0.2, 0.25) is 0 Å². The number of carbonyl (C=O) groups excluding carboxylic acids is 1. The van der Waals surface area contributed by atoms with E-state index in [-0.39, 0.29) is 5.97 Å². The van der Waals surface area contributed by atoms with Crippen LogP contribution in [0.1, 0.15) is 5.69 Å². The Kier molecular flexibility index (Phi) is 4.97. The van der Waals surface area contributed by atoms with Crippen LogP contribution < -0.4 is 0 Å². The fraction of sp³-hybridized carbons (Fsp3) is 0.333. The van der Waals surface area contributed by atoms with Crippen LogP contribution in [0.25, 0.3) is 0 Å². The average Bonchev–Trinajstić information content (AvgIpc) is 2.21. The number of thioether (sulfide) groups is 1. The smallest absolute Gasteiger partial charge is 0.315 e. The first-order valence-corrected chi connectivity index (χ1v) is 5.92. The van der Waals surface area contributed by atoms with Gasteiger partial charge in [-0.1, -0.05) is 0 Å². The average molecular weight is 276 g/mol. The zero-order valence-corrected chi connectivity index (χ0v) is 10.1. The standard InChI is InChI=1S/C9H10BrNO2S/c1-13-9(12)6-14-5-8-3-2-7(10)4-11-8/h2-4H,5-6H2,1H3. The Morgan fingerprint density at radius 3 is 3.00 bits per heavy atom. The lowest BCUT2D eigenvalue weighted by Gasteiger charge is -2.00. The first-order chi connectivity index (χ1) is 6.72. The van der Waals surface area contributed by atoms with Crippen molar-refractivity contribution in [2.24, 2.45) is 0 Å². The second-order valence-electron chi connectivity index (χ2n) is 2.54. The van der Waals surface area contributed by atoms with E-state index in [0.29, 0.717) is 5.75 Å². The molecule has 1 aromatic rings. The summed E-state index contributed by atoms with van der Waals surface area (Å²) in [6.45, 7) is 0. The van der Waals surface area contributed by atoms with Gasteiger partial charge in [-0.05, 0) is 28.1 Å². The Morgan fingerprint density at radius 2 is 2.43 bits per heavy atom. The summed E-state index contributed by atoms with van der Waals surface area (Å²) in [6.07, 6.45) is 1.74. The van der Waals surface area contributed by atoms with Crippen LogP contribution >= 0.6 is 27.7 Å². The molecule has 1 rings (SSSR count). The molecule has 0 aromatic carbocycles. The van der Waals surface area contributed by atoms with Crippen molar-refractivity contribution < 1.29 is 9.53 Å². The van der Waals surface area contributed by atoms with Crippen molar-refractivity contribution in [1.82, 2.24) is 4.98 Å². The summed E-state index contributed by atoms with van der Waals surface area (Å²) in [6, 6.07) is 3.86. The Morgan fingerprint density at radius 1 is 1.64 bits per heavy atom. The lowest BCUT2D eigenvalue weighted by atomic mass is 10.4. The summed E-state index contributed by atoms with van der Waals surface area (Å²) in [7, 11) is 1.39. The maximum absolute atomic E-state index is 10.8. The summed E-state index contributed by atoms with van der Waals surface area (Å²) >= 11 is 4.80. The van der Waals surface area contributed by atoms with Gasteiger partial charge in [0.25, 0.3) is 0 Å². The largest absolute Gasteiger partial charge is 0.468 e. The summed E-state index contributed by atoms with van der Waals surface area (Å²) in [5.74, 6) is 0.892. The van der Waals surface area contributed by atoms with Crippen LogP contribution in [-0.4, -0.2) is 23.8 Å². The van der Waals surface area contributed by atoms with Crippen LogP contribution in [0.3, 0.4) is 0 Å². The second-order valence-corrected chi connectivity index (χ2v) is 4.44. The number of esters is 1. The summed E-state index contributed by atoms with van der Waals surface area (Å²) in [5.41, 5.74) is 0.960. The zero-order valence-electron chi connectivity index (χ0n) is 7.70. The molecular formula is C9H10BrNO2S. The highest BCUT2D eigenvalue weighted by Crippen LogP contribution is 2.13. The minimum Gasteiger partial charge on any atom is -0.468 e. The molecule has 3 nitrogen and oxygen atoms in total. The molecule has 0 saturated carbocycles. The Hall–Kier alpha value is -0.550. The van der Waals surface area contributed by atoms with Gasteiger partial charge in [-0.2, -0.15) is 0 Å². The molecule has 0 amide bonds. The number of rotatable bonds is 4. The number of halogens is 1. The molecule has 76 valence electrons. The number of ether oxygens (including phenoxy) is 1. The number of aromatic nitrogens is 1. The lowest BCUT2D eigenvalue weighted by molar-refractivity contribution is -0.137. The Bertz CT molecular complexity index is 302. The second kappa shape index (κ2) is 6.03. The van der Waals surface area contributed by atoms with Crippen LogP contribution in [0.4, 0.5) is 0 Å². The van der Waals surface area contributed by atoms with Gasteiger partial charge in [-0.3, -0.25) is 9.78 Å². The third-order valence-electron chi connectivity index (χ3n) is 1.49. The molecule has 5 heteroatoms. The fourth-order valence-electron chi connectivity index (χ4n) is 0.790. The Balaban J connectivity index is 2.31. The molecule has 0 spiro atoms. The highest BCUT2D eigenvalue weighted by molar-refractivity contribution is 9.10. The van der Waals surface area contributed by atoms with Crippen LogP contribution in [0.5, 0.6) is 0 Å². The van der Waals surface area contributed by atoms with E-state index in [1.54, 1.807) is 6.20 Å². The molecule has 0 bridgehead atoms. The number of methoxy groups -OCH3 is 1. The van der Waals surface area contributed by atoms with Gasteiger partial charge in [-0.15, -0.1) is 11.8 Å². The van der Waals surface area contributed by atoms with Crippen molar-refractivity contribution >= 4 is 33.7 Å². The minimum absolute atomic E-state index is 0.202. The van der Waals surface area contributed by atoms with Crippen LogP contribution in [0.15, 0.2) is 22.8 Å². The van der Waals surface area contributed by atoms with Gasteiger partial charge in [0.2, 0.25) is 0 Å². The molecule has 1 heterocycles. The molecule has 0 fully saturated rings. The molecule has 0 atom stereocenters. The molecule has 0 N–H and O–H groups in total. The Labute approximate surface area is 95.4 Å². The molecule has 0 aliphatic carbocycles. The van der Waals surface area contributed by atoms with Gasteiger partial charge in [-0.25, -0.2) is 0 Å². The van der Waals surface area contributed by atoms with Crippen molar-refractivity contribution in [3.63, 3.8) is 0 Å². The number of nitrogens with zero attached hydrogens (tertiary/aromatic N) is 1. The van der Waals surface area contributed by atoms with E-state index < -0.39 is 0 Å². The predicted octanol–water partition coefficient (Wildman–Crippen LogP) is 2.25. The number of pyridine rings is 1. The molecule has 0 aliphatic rings. The van der Waals surface area contributed by atoms with E-state index >= 15 is 0 Å². The van der Waals surface area contributed by atoms with Crippen molar-refractivity contribution in [1.29, 1.82) is 0 Å². The predicted molar refractivity (Wildman–Crippen MR) is 60.1 cm³/mol.